The fourth-order valence-electron chi connectivity index (χ4n) is 4.87. The van der Waals surface area contributed by atoms with Gasteiger partial charge in [0.15, 0.2) is 0 Å². The van der Waals surface area contributed by atoms with E-state index in [1.54, 1.807) is 24.3 Å². The number of halogens is 4. The smallest absolute Gasteiger partial charge is 0.129 e. The van der Waals surface area contributed by atoms with Gasteiger partial charge in [-0.1, -0.05) is 48.5 Å². The lowest BCUT2D eigenvalue weighted by molar-refractivity contribution is 0.469. The zero-order chi connectivity index (χ0) is 28.6. The van der Waals surface area contributed by atoms with Crippen molar-refractivity contribution in [3.8, 4) is 23.0 Å². The normalized spacial score (nSPS) is 11.3. The van der Waals surface area contributed by atoms with Gasteiger partial charge in [-0.2, -0.15) is 0 Å². The van der Waals surface area contributed by atoms with Gasteiger partial charge in [-0.25, -0.2) is 0 Å². The quantitative estimate of drug-likeness (QED) is 0.101. The first kappa shape index (κ1) is 29.7. The number of hydrogen-bond donors (Lipinski definition) is 4. The molecule has 0 unspecified atom stereocenters. The van der Waals surface area contributed by atoms with Crippen molar-refractivity contribution in [2.24, 2.45) is 0 Å². The van der Waals surface area contributed by atoms with Gasteiger partial charge in [0.2, 0.25) is 0 Å². The number of aromatic hydroxyl groups is 4. The number of phenols is 4. The molecule has 0 fully saturated rings. The lowest BCUT2D eigenvalue weighted by Gasteiger charge is -2.23. The van der Waals surface area contributed by atoms with Crippen LogP contribution in [0.1, 0.15) is 45.2 Å². The van der Waals surface area contributed by atoms with Gasteiger partial charge in [0.05, 0.1) is 14.3 Å². The molecule has 0 heterocycles. The predicted molar refractivity (Wildman–Crippen MR) is 192 cm³/mol. The first-order valence-corrected chi connectivity index (χ1v) is 16.5. The fraction of sp³-hybridized carbons (Fsp3) is 0.0625. The van der Waals surface area contributed by atoms with Gasteiger partial charge >= 0.3 is 0 Å². The van der Waals surface area contributed by atoms with E-state index in [1.165, 1.54) is 0 Å². The molecular weight excluding hydrogens is 956 g/mol. The summed E-state index contributed by atoms with van der Waals surface area (Å²) in [5, 5.41) is 42.0. The van der Waals surface area contributed by atoms with Crippen LogP contribution in [-0.4, -0.2) is 20.4 Å². The Labute approximate surface area is 287 Å². The maximum absolute atomic E-state index is 10.5. The third-order valence-electron chi connectivity index (χ3n) is 6.82. The van der Waals surface area contributed by atoms with Crippen LogP contribution in [0.15, 0.2) is 97.1 Å². The minimum atomic E-state index is -0.219. The highest BCUT2D eigenvalue weighted by Gasteiger charge is 2.23. The van der Waals surface area contributed by atoms with Crippen LogP contribution in [0.3, 0.4) is 0 Å². The van der Waals surface area contributed by atoms with Gasteiger partial charge < -0.3 is 20.4 Å². The first-order valence-electron chi connectivity index (χ1n) is 12.2. The zero-order valence-electron chi connectivity index (χ0n) is 20.7. The molecule has 0 aromatic heterocycles. The second kappa shape index (κ2) is 12.6. The second-order valence-corrected chi connectivity index (χ2v) is 14.0. The summed E-state index contributed by atoms with van der Waals surface area (Å²) in [6, 6.07) is 30.9. The molecule has 0 spiro atoms. The summed E-state index contributed by atoms with van der Waals surface area (Å²) in [5.41, 5.74) is 5.64. The lowest BCUT2D eigenvalue weighted by atomic mass is 9.81. The number of benzene rings is 5. The minimum Gasteiger partial charge on any atom is -0.507 e. The highest BCUT2D eigenvalue weighted by atomic mass is 127. The minimum absolute atomic E-state index is 0.214. The molecule has 40 heavy (non-hydrogen) atoms. The molecule has 0 bridgehead atoms. The number of phenolic OH excluding ortho intramolecular Hbond substituents is 4. The Kier molecular flexibility index (Phi) is 9.37. The lowest BCUT2D eigenvalue weighted by Crippen LogP contribution is -2.07. The molecule has 4 nitrogen and oxygen atoms in total. The summed E-state index contributed by atoms with van der Waals surface area (Å²) in [6.07, 6.45) is 0. The molecule has 0 saturated heterocycles. The van der Waals surface area contributed by atoms with Gasteiger partial charge in [-0.05, 0) is 172 Å². The van der Waals surface area contributed by atoms with Crippen molar-refractivity contribution < 1.29 is 20.4 Å². The molecule has 8 heteroatoms. The summed E-state index contributed by atoms with van der Waals surface area (Å²) in [7, 11) is 0. The van der Waals surface area contributed by atoms with Crippen LogP contribution < -0.4 is 0 Å². The van der Waals surface area contributed by atoms with Gasteiger partial charge in [0.1, 0.15) is 23.0 Å². The van der Waals surface area contributed by atoms with Crippen LogP contribution in [0.5, 0.6) is 23.0 Å². The monoisotopic (exact) mass is 978 g/mol. The van der Waals surface area contributed by atoms with E-state index in [0.29, 0.717) is 0 Å². The molecule has 5 aromatic carbocycles. The van der Waals surface area contributed by atoms with Crippen molar-refractivity contribution in [3.63, 3.8) is 0 Å². The Morgan fingerprint density at radius 1 is 0.325 bits per heavy atom. The van der Waals surface area contributed by atoms with Crippen LogP contribution in [0, 0.1) is 14.3 Å². The molecular formula is C32H22I4O4. The summed E-state index contributed by atoms with van der Waals surface area (Å²) >= 11 is 8.43. The maximum Gasteiger partial charge on any atom is 0.129 e. The molecule has 0 aliphatic rings. The van der Waals surface area contributed by atoms with Crippen LogP contribution in [0.25, 0.3) is 0 Å². The average Bonchev–Trinajstić information content (AvgIpc) is 2.93. The molecule has 0 amide bonds. The van der Waals surface area contributed by atoms with E-state index in [4.69, 9.17) is 0 Å². The Bertz CT molecular complexity index is 1470. The van der Waals surface area contributed by atoms with E-state index in [2.05, 4.69) is 115 Å². The summed E-state index contributed by atoms with van der Waals surface area (Å²) in [6.45, 7) is 0. The molecule has 0 saturated carbocycles. The largest absolute Gasteiger partial charge is 0.507 e. The van der Waals surface area contributed by atoms with Crippen molar-refractivity contribution in [1.29, 1.82) is 0 Å². The third-order valence-corrected chi connectivity index (χ3v) is 10.5. The van der Waals surface area contributed by atoms with Gasteiger partial charge in [-0.3, -0.25) is 0 Å². The third kappa shape index (κ3) is 6.33. The molecule has 0 radical (unpaired) electrons. The van der Waals surface area contributed by atoms with E-state index in [9.17, 15) is 20.4 Å². The standard InChI is InChI=1S/C32H22I4O4/c33-23-9-5-19(13-27(23)37)31(20-6-10-24(34)28(38)14-20)17-1-2-18(4-3-17)32(21-7-11-25(35)29(39)15-21)22-8-12-26(36)30(40)16-22/h1-16,31-32,37-40H. The Morgan fingerprint density at radius 2 is 0.525 bits per heavy atom. The van der Waals surface area contributed by atoms with Gasteiger partial charge in [0.25, 0.3) is 0 Å². The number of rotatable bonds is 6. The van der Waals surface area contributed by atoms with Crippen LogP contribution in [0.2, 0.25) is 0 Å². The van der Waals surface area contributed by atoms with E-state index < -0.39 is 0 Å². The van der Waals surface area contributed by atoms with Crippen LogP contribution in [0.4, 0.5) is 0 Å². The average molecular weight is 978 g/mol. The molecule has 5 aromatic rings. The SMILES string of the molecule is Oc1cc(C(c2ccc(C(c3ccc(I)c(O)c3)c3ccc(I)c(O)c3)cc2)c2ccc(I)c(O)c2)ccc1I. The molecule has 202 valence electrons. The fourth-order valence-corrected chi connectivity index (χ4v) is 6.21. The van der Waals surface area contributed by atoms with Crippen molar-refractivity contribution in [2.75, 3.05) is 0 Å². The summed E-state index contributed by atoms with van der Waals surface area (Å²) in [4.78, 5) is 0. The molecule has 0 atom stereocenters. The molecule has 0 aliphatic carbocycles. The Morgan fingerprint density at radius 3 is 0.725 bits per heavy atom. The second-order valence-electron chi connectivity index (χ2n) is 9.38. The van der Waals surface area contributed by atoms with Gasteiger partial charge in [-0.15, -0.1) is 0 Å². The van der Waals surface area contributed by atoms with E-state index in [1.807, 2.05) is 48.5 Å². The van der Waals surface area contributed by atoms with Crippen LogP contribution >= 0.6 is 90.4 Å². The van der Waals surface area contributed by atoms with Crippen molar-refractivity contribution in [2.45, 2.75) is 11.8 Å². The highest BCUT2D eigenvalue weighted by Crippen LogP contribution is 2.40. The van der Waals surface area contributed by atoms with Crippen LogP contribution in [-0.2, 0) is 0 Å². The highest BCUT2D eigenvalue weighted by molar-refractivity contribution is 14.1. The van der Waals surface area contributed by atoms with Gasteiger partial charge in [0, 0.05) is 11.8 Å². The number of hydrogen-bond acceptors (Lipinski definition) is 4. The molecule has 0 aliphatic heterocycles. The van der Waals surface area contributed by atoms with E-state index in [-0.39, 0.29) is 34.8 Å². The Balaban J connectivity index is 1.63. The van der Waals surface area contributed by atoms with E-state index >= 15 is 0 Å². The maximum atomic E-state index is 10.5. The van der Waals surface area contributed by atoms with E-state index in [0.717, 1.165) is 47.7 Å². The summed E-state index contributed by atoms with van der Waals surface area (Å²) in [5.74, 6) is 0.419. The zero-order valence-corrected chi connectivity index (χ0v) is 29.3. The van der Waals surface area contributed by atoms with Crippen molar-refractivity contribution >= 4 is 90.4 Å². The van der Waals surface area contributed by atoms with Crippen molar-refractivity contribution in [3.05, 3.63) is 145 Å². The molecule has 5 rings (SSSR count). The van der Waals surface area contributed by atoms with Crippen molar-refractivity contribution in [1.82, 2.24) is 0 Å². The molecule has 4 N–H and O–H groups in total. The topological polar surface area (TPSA) is 80.9 Å². The summed E-state index contributed by atoms with van der Waals surface area (Å²) < 4.78 is 3.08. The first-order chi connectivity index (χ1) is 19.1. The predicted octanol–water partition coefficient (Wildman–Crippen LogP) is 9.29. The Hall–Kier alpha value is -1.78.